The van der Waals surface area contributed by atoms with Crippen LogP contribution in [0.2, 0.25) is 0 Å². The van der Waals surface area contributed by atoms with E-state index in [2.05, 4.69) is 11.8 Å². The van der Waals surface area contributed by atoms with Crippen molar-refractivity contribution in [3.8, 4) is 16.9 Å². The summed E-state index contributed by atoms with van der Waals surface area (Å²) in [7, 11) is 5.13. The minimum atomic E-state index is -0.361. The number of carbonyl (C=O) groups is 1. The number of aliphatic hydroxyl groups is 1. The predicted octanol–water partition coefficient (Wildman–Crippen LogP) is 1.99. The van der Waals surface area contributed by atoms with E-state index in [0.717, 1.165) is 30.0 Å². The fourth-order valence-electron chi connectivity index (χ4n) is 5.36. The summed E-state index contributed by atoms with van der Waals surface area (Å²) < 4.78 is 7.06. The van der Waals surface area contributed by atoms with Gasteiger partial charge < -0.3 is 19.3 Å². The van der Waals surface area contributed by atoms with Gasteiger partial charge in [0.25, 0.3) is 5.56 Å². The monoisotopic (exact) mass is 425 g/mol. The third-order valence-electron chi connectivity index (χ3n) is 6.77. The van der Waals surface area contributed by atoms with Crippen LogP contribution in [0.15, 0.2) is 41.2 Å². The summed E-state index contributed by atoms with van der Waals surface area (Å²) in [6, 6.07) is 11.0. The second-order valence-electron chi connectivity index (χ2n) is 8.69. The highest BCUT2D eigenvalue weighted by Gasteiger charge is 2.55. The first-order valence-corrected chi connectivity index (χ1v) is 10.9. The number of likely N-dealkylation sites (N-methyl/N-ethyl adjacent to an activating group) is 1. The molecule has 7 heteroatoms. The van der Waals surface area contributed by atoms with E-state index in [4.69, 9.17) is 4.74 Å². The summed E-state index contributed by atoms with van der Waals surface area (Å²) in [6.07, 6.45) is 0.896. The number of aromatic nitrogens is 1. The average molecular weight is 426 g/mol. The van der Waals surface area contributed by atoms with Crippen LogP contribution in [0, 0.1) is 11.8 Å². The molecule has 1 N–H and O–H groups in total. The van der Waals surface area contributed by atoms with Gasteiger partial charge in [-0.2, -0.15) is 0 Å². The van der Waals surface area contributed by atoms with Gasteiger partial charge in [0.1, 0.15) is 5.75 Å². The van der Waals surface area contributed by atoms with E-state index in [1.165, 1.54) is 0 Å². The number of methoxy groups -OCH3 is 1. The predicted molar refractivity (Wildman–Crippen MR) is 119 cm³/mol. The number of aliphatic hydroxyl groups excluding tert-OH is 1. The van der Waals surface area contributed by atoms with Crippen LogP contribution >= 0.6 is 0 Å². The van der Waals surface area contributed by atoms with Crippen molar-refractivity contribution in [1.82, 2.24) is 14.4 Å². The molecule has 1 saturated heterocycles. The van der Waals surface area contributed by atoms with E-state index in [0.29, 0.717) is 12.1 Å². The molecule has 4 atom stereocenters. The lowest BCUT2D eigenvalue weighted by Gasteiger charge is -2.32. The van der Waals surface area contributed by atoms with Crippen LogP contribution in [-0.2, 0) is 11.3 Å². The SMILES string of the molecule is CCCN1[C@H](C(=O)N(C)C)[C@@H](CO)[C@@H]2Cn3c(ccc(-c4ccc(OC)cc4)c3=O)[C@@H]21. The van der Waals surface area contributed by atoms with Crippen LogP contribution in [0.3, 0.4) is 0 Å². The van der Waals surface area contributed by atoms with E-state index < -0.39 is 0 Å². The van der Waals surface area contributed by atoms with Crippen molar-refractivity contribution in [2.24, 2.45) is 11.8 Å². The molecule has 1 amide bonds. The fraction of sp³-hybridized carbons (Fsp3) is 0.500. The number of fused-ring (bicyclic) bond motifs is 3. The van der Waals surface area contributed by atoms with Crippen molar-refractivity contribution in [1.29, 1.82) is 0 Å². The summed E-state index contributed by atoms with van der Waals surface area (Å²) in [5.74, 6) is 0.599. The Kier molecular flexibility index (Phi) is 5.90. The summed E-state index contributed by atoms with van der Waals surface area (Å²) >= 11 is 0. The molecule has 2 aliphatic rings. The highest BCUT2D eigenvalue weighted by atomic mass is 16.5. The maximum Gasteiger partial charge on any atom is 0.258 e. The highest BCUT2D eigenvalue weighted by molar-refractivity contribution is 5.82. The van der Waals surface area contributed by atoms with Gasteiger partial charge in [0, 0.05) is 50.3 Å². The van der Waals surface area contributed by atoms with Gasteiger partial charge in [0.2, 0.25) is 5.91 Å². The van der Waals surface area contributed by atoms with E-state index in [9.17, 15) is 14.7 Å². The molecule has 0 unspecified atom stereocenters. The van der Waals surface area contributed by atoms with E-state index >= 15 is 0 Å². The van der Waals surface area contributed by atoms with Crippen LogP contribution in [-0.4, -0.2) is 65.8 Å². The number of carbonyl (C=O) groups excluding carboxylic acids is 1. The Morgan fingerprint density at radius 3 is 2.48 bits per heavy atom. The maximum atomic E-state index is 13.4. The lowest BCUT2D eigenvalue weighted by molar-refractivity contribution is -0.135. The first-order valence-electron chi connectivity index (χ1n) is 10.9. The number of ether oxygens (including phenoxy) is 1. The zero-order chi connectivity index (χ0) is 22.3. The number of amides is 1. The number of benzene rings is 1. The van der Waals surface area contributed by atoms with Crippen molar-refractivity contribution >= 4 is 5.91 Å². The van der Waals surface area contributed by atoms with Gasteiger partial charge in [-0.3, -0.25) is 14.5 Å². The lowest BCUT2D eigenvalue weighted by Crippen LogP contribution is -2.48. The Morgan fingerprint density at radius 2 is 1.90 bits per heavy atom. The van der Waals surface area contributed by atoms with Gasteiger partial charge in [0.15, 0.2) is 0 Å². The van der Waals surface area contributed by atoms with Crippen molar-refractivity contribution in [3.63, 3.8) is 0 Å². The van der Waals surface area contributed by atoms with Crippen LogP contribution in [0.5, 0.6) is 5.75 Å². The second-order valence-corrected chi connectivity index (χ2v) is 8.69. The number of hydrogen-bond donors (Lipinski definition) is 1. The van der Waals surface area contributed by atoms with Crippen molar-refractivity contribution in [3.05, 3.63) is 52.4 Å². The number of pyridine rings is 1. The second kappa shape index (κ2) is 8.48. The molecule has 3 heterocycles. The lowest BCUT2D eigenvalue weighted by atomic mass is 9.88. The van der Waals surface area contributed by atoms with Gasteiger partial charge in [-0.15, -0.1) is 0 Å². The third-order valence-corrected chi connectivity index (χ3v) is 6.77. The Hall–Kier alpha value is -2.64. The molecule has 0 saturated carbocycles. The molecule has 31 heavy (non-hydrogen) atoms. The Morgan fingerprint density at radius 1 is 1.19 bits per heavy atom. The molecule has 2 aliphatic heterocycles. The number of hydrogen-bond acceptors (Lipinski definition) is 5. The summed E-state index contributed by atoms with van der Waals surface area (Å²) in [4.78, 5) is 30.2. The van der Waals surface area contributed by atoms with Gasteiger partial charge in [-0.1, -0.05) is 19.1 Å². The summed E-state index contributed by atoms with van der Waals surface area (Å²) in [5, 5.41) is 10.2. The number of likely N-dealkylation sites (tertiary alicyclic amines) is 1. The van der Waals surface area contributed by atoms with E-state index in [-0.39, 0.29) is 42.0 Å². The molecule has 0 spiro atoms. The standard InChI is InChI=1S/C24H31N3O4/c1-5-12-26-21-18(19(14-28)22(26)24(30)25(2)3)13-27-20(21)11-10-17(23(27)29)15-6-8-16(31-4)9-7-15/h6-11,18-19,21-22,28H,5,12-14H2,1-4H3/t18-,19-,21+,22-/m0/s1. The fourth-order valence-corrected chi connectivity index (χ4v) is 5.36. The van der Waals surface area contributed by atoms with Crippen LogP contribution in [0.4, 0.5) is 0 Å². The molecule has 0 bridgehead atoms. The molecule has 1 fully saturated rings. The Balaban J connectivity index is 1.76. The normalized spacial score (nSPS) is 24.7. The van der Waals surface area contributed by atoms with Crippen molar-refractivity contribution in [2.75, 3.05) is 34.4 Å². The van der Waals surface area contributed by atoms with Crippen LogP contribution in [0.1, 0.15) is 25.1 Å². The van der Waals surface area contributed by atoms with Gasteiger partial charge in [-0.05, 0) is 42.8 Å². The van der Waals surface area contributed by atoms with Crippen molar-refractivity contribution in [2.45, 2.75) is 32.0 Å². The quantitative estimate of drug-likeness (QED) is 0.766. The molecule has 7 nitrogen and oxygen atoms in total. The zero-order valence-electron chi connectivity index (χ0n) is 18.6. The summed E-state index contributed by atoms with van der Waals surface area (Å²) in [6.45, 7) is 3.29. The molecular formula is C24H31N3O4. The molecule has 0 aliphatic carbocycles. The van der Waals surface area contributed by atoms with Gasteiger partial charge in [-0.25, -0.2) is 0 Å². The highest BCUT2D eigenvalue weighted by Crippen LogP contribution is 2.49. The molecule has 1 aromatic heterocycles. The molecule has 4 rings (SSSR count). The first kappa shape index (κ1) is 21.6. The van der Waals surface area contributed by atoms with E-state index in [1.807, 2.05) is 41.0 Å². The van der Waals surface area contributed by atoms with Crippen LogP contribution in [0.25, 0.3) is 11.1 Å². The average Bonchev–Trinajstić information content (AvgIpc) is 3.29. The number of nitrogens with zero attached hydrogens (tertiary/aromatic N) is 3. The topological polar surface area (TPSA) is 75.0 Å². The Bertz CT molecular complexity index is 1010. The molecule has 1 aromatic carbocycles. The van der Waals surface area contributed by atoms with Gasteiger partial charge >= 0.3 is 0 Å². The minimum Gasteiger partial charge on any atom is -0.497 e. The van der Waals surface area contributed by atoms with Crippen LogP contribution < -0.4 is 10.3 Å². The summed E-state index contributed by atoms with van der Waals surface area (Å²) in [5.41, 5.74) is 2.41. The van der Waals surface area contributed by atoms with Gasteiger partial charge in [0.05, 0.1) is 19.2 Å². The molecule has 166 valence electrons. The smallest absolute Gasteiger partial charge is 0.258 e. The zero-order valence-corrected chi connectivity index (χ0v) is 18.6. The van der Waals surface area contributed by atoms with Crippen molar-refractivity contribution < 1.29 is 14.6 Å². The number of rotatable bonds is 6. The third kappa shape index (κ3) is 3.46. The molecule has 2 aromatic rings. The molecule has 0 radical (unpaired) electrons. The first-order chi connectivity index (χ1) is 14.9. The minimum absolute atomic E-state index is 0.0191. The Labute approximate surface area is 182 Å². The maximum absolute atomic E-state index is 13.4. The largest absolute Gasteiger partial charge is 0.497 e. The molecular weight excluding hydrogens is 394 g/mol. The van der Waals surface area contributed by atoms with E-state index in [1.54, 1.807) is 26.1 Å².